The minimum Gasteiger partial charge on any atom is -0.455 e. The Bertz CT molecular complexity index is 3230. The van der Waals surface area contributed by atoms with Gasteiger partial charge in [0.2, 0.25) is 0 Å². The smallest absolute Gasteiger partial charge is 0.164 e. The summed E-state index contributed by atoms with van der Waals surface area (Å²) >= 11 is 0. The zero-order valence-electron chi connectivity index (χ0n) is 31.3. The molecule has 2 aromatic heterocycles. The zero-order valence-corrected chi connectivity index (χ0v) is 31.3. The molecular weight excluding hydrogens is 709 g/mol. The van der Waals surface area contributed by atoms with Crippen LogP contribution in [0.3, 0.4) is 0 Å². The molecule has 0 N–H and O–H groups in total. The average molecular weight is 743 g/mol. The monoisotopic (exact) mass is 742 g/mol. The molecule has 0 aliphatic carbocycles. The first kappa shape index (κ1) is 33.4. The van der Waals surface area contributed by atoms with Gasteiger partial charge in [0, 0.05) is 49.9 Å². The molecule has 58 heavy (non-hydrogen) atoms. The van der Waals surface area contributed by atoms with Crippen molar-refractivity contribution in [3.63, 3.8) is 0 Å². The van der Waals surface area contributed by atoms with Crippen molar-refractivity contribution in [3.8, 4) is 45.3 Å². The van der Waals surface area contributed by atoms with Gasteiger partial charge in [-0.15, -0.1) is 0 Å². The first-order valence-electron chi connectivity index (χ1n) is 19.4. The van der Waals surface area contributed by atoms with Crippen molar-refractivity contribution in [2.45, 2.75) is 0 Å². The summed E-state index contributed by atoms with van der Waals surface area (Å²) in [5, 5.41) is 6.53. The molecule has 0 fully saturated rings. The lowest BCUT2D eigenvalue weighted by atomic mass is 9.95. The quantitative estimate of drug-likeness (QED) is 0.163. The van der Waals surface area contributed by atoms with E-state index in [1.807, 2.05) is 30.3 Å². The minimum atomic E-state index is 0.588. The Hall–Kier alpha value is -7.89. The van der Waals surface area contributed by atoms with E-state index >= 15 is 0 Å². The van der Waals surface area contributed by atoms with E-state index in [0.717, 1.165) is 88.4 Å². The van der Waals surface area contributed by atoms with Crippen LogP contribution in [-0.2, 0) is 0 Å². The maximum atomic E-state index is 6.78. The molecule has 0 saturated heterocycles. The van der Waals surface area contributed by atoms with Gasteiger partial charge < -0.3 is 9.32 Å². The molecule has 11 rings (SSSR count). The Balaban J connectivity index is 1.03. The predicted molar refractivity (Wildman–Crippen MR) is 239 cm³/mol. The molecule has 9 aromatic carbocycles. The highest BCUT2D eigenvalue weighted by Gasteiger charge is 2.19. The van der Waals surface area contributed by atoms with Crippen molar-refractivity contribution in [2.75, 3.05) is 4.90 Å². The summed E-state index contributed by atoms with van der Waals surface area (Å²) in [6.07, 6.45) is 0. The van der Waals surface area contributed by atoms with Crippen LogP contribution in [0.25, 0.3) is 88.8 Å². The SMILES string of the molecule is c1ccc(-c2nc(-c3ccc4c(c3)oc3c5ccccc5c(-c5ccc(N(c6ccccc6)c6ccccc6)cc5)cc43)nc(-c3cccc4ccccc34)n2)cc1. The van der Waals surface area contributed by atoms with Crippen LogP contribution in [0.15, 0.2) is 211 Å². The van der Waals surface area contributed by atoms with Crippen molar-refractivity contribution in [1.29, 1.82) is 0 Å². The van der Waals surface area contributed by atoms with Gasteiger partial charge in [-0.25, -0.2) is 15.0 Å². The molecule has 0 bridgehead atoms. The summed E-state index contributed by atoms with van der Waals surface area (Å²) in [6, 6.07) is 71.6. The molecule has 0 aliphatic heterocycles. The second kappa shape index (κ2) is 14.0. The second-order valence-electron chi connectivity index (χ2n) is 14.4. The number of aromatic nitrogens is 3. The topological polar surface area (TPSA) is 55.1 Å². The Morgan fingerprint density at radius 1 is 0.328 bits per heavy atom. The van der Waals surface area contributed by atoms with Crippen molar-refractivity contribution in [2.24, 2.45) is 0 Å². The first-order valence-corrected chi connectivity index (χ1v) is 19.4. The summed E-state index contributed by atoms with van der Waals surface area (Å²) in [7, 11) is 0. The number of anilines is 3. The summed E-state index contributed by atoms with van der Waals surface area (Å²) in [5.74, 6) is 1.84. The molecule has 272 valence electrons. The lowest BCUT2D eigenvalue weighted by Gasteiger charge is -2.25. The van der Waals surface area contributed by atoms with Crippen LogP contribution in [0.2, 0.25) is 0 Å². The molecular formula is C53H34N4O. The Morgan fingerprint density at radius 2 is 0.879 bits per heavy atom. The standard InChI is InChI=1S/C53H34N4O/c1-4-16-37(17-5-1)51-54-52(56-53(55-51)46-26-14-18-35-15-10-11-23-42(35)46)38-29-32-44-48-34-47(43-24-12-13-25-45(43)50(48)58-49(44)33-38)36-27-30-41(31-28-36)57(39-19-6-2-7-20-39)40-21-8-3-9-22-40/h1-34H. The van der Waals surface area contributed by atoms with Crippen molar-refractivity contribution in [3.05, 3.63) is 206 Å². The molecule has 5 heteroatoms. The minimum absolute atomic E-state index is 0.588. The Labute approximate surface area is 335 Å². The number of benzene rings is 9. The Morgan fingerprint density at radius 3 is 1.60 bits per heavy atom. The van der Waals surface area contributed by atoms with E-state index in [9.17, 15) is 0 Å². The van der Waals surface area contributed by atoms with Gasteiger partial charge in [-0.3, -0.25) is 0 Å². The Kier molecular flexibility index (Phi) is 8.07. The van der Waals surface area contributed by atoms with Crippen LogP contribution < -0.4 is 4.90 Å². The molecule has 0 atom stereocenters. The fourth-order valence-electron chi connectivity index (χ4n) is 8.13. The molecule has 0 radical (unpaired) electrons. The average Bonchev–Trinajstić information content (AvgIpc) is 3.68. The molecule has 0 aliphatic rings. The summed E-state index contributed by atoms with van der Waals surface area (Å²) < 4.78 is 6.78. The lowest BCUT2D eigenvalue weighted by molar-refractivity contribution is 0.673. The van der Waals surface area contributed by atoms with Crippen molar-refractivity contribution < 1.29 is 4.42 Å². The molecule has 0 saturated carbocycles. The van der Waals surface area contributed by atoms with E-state index in [1.54, 1.807) is 0 Å². The fourth-order valence-corrected chi connectivity index (χ4v) is 8.13. The van der Waals surface area contributed by atoms with Crippen LogP contribution in [0.4, 0.5) is 17.1 Å². The maximum absolute atomic E-state index is 6.78. The number of hydrogen-bond acceptors (Lipinski definition) is 5. The first-order chi connectivity index (χ1) is 28.7. The van der Waals surface area contributed by atoms with Crippen LogP contribution in [0, 0.1) is 0 Å². The molecule has 5 nitrogen and oxygen atoms in total. The number of hydrogen-bond donors (Lipinski definition) is 0. The van der Waals surface area contributed by atoms with Crippen LogP contribution in [-0.4, -0.2) is 15.0 Å². The summed E-state index contributed by atoms with van der Waals surface area (Å²) in [5.41, 5.74) is 9.97. The molecule has 0 unspecified atom stereocenters. The highest BCUT2D eigenvalue weighted by Crippen LogP contribution is 2.42. The van der Waals surface area contributed by atoms with E-state index in [1.165, 1.54) is 0 Å². The van der Waals surface area contributed by atoms with Crippen molar-refractivity contribution in [1.82, 2.24) is 15.0 Å². The van der Waals surface area contributed by atoms with Gasteiger partial charge in [0.05, 0.1) is 0 Å². The number of para-hydroxylation sites is 2. The maximum Gasteiger partial charge on any atom is 0.164 e. The van der Waals surface area contributed by atoms with Crippen LogP contribution in [0.5, 0.6) is 0 Å². The molecule has 0 amide bonds. The molecule has 11 aromatic rings. The van der Waals surface area contributed by atoms with Gasteiger partial charge in [0.15, 0.2) is 17.5 Å². The van der Waals surface area contributed by atoms with Crippen LogP contribution >= 0.6 is 0 Å². The normalized spacial score (nSPS) is 11.4. The van der Waals surface area contributed by atoms with E-state index in [2.05, 4.69) is 181 Å². The van der Waals surface area contributed by atoms with E-state index in [-0.39, 0.29) is 0 Å². The van der Waals surface area contributed by atoms with Gasteiger partial charge in [-0.2, -0.15) is 0 Å². The zero-order chi connectivity index (χ0) is 38.4. The summed E-state index contributed by atoms with van der Waals surface area (Å²) in [6.45, 7) is 0. The lowest BCUT2D eigenvalue weighted by Crippen LogP contribution is -2.09. The molecule has 0 spiro atoms. The number of fused-ring (bicyclic) bond motifs is 6. The van der Waals surface area contributed by atoms with Gasteiger partial charge in [-0.05, 0) is 81.9 Å². The predicted octanol–water partition coefficient (Wildman–Crippen LogP) is 14.2. The number of nitrogens with zero attached hydrogens (tertiary/aromatic N) is 4. The van der Waals surface area contributed by atoms with Crippen LogP contribution in [0.1, 0.15) is 0 Å². The van der Waals surface area contributed by atoms with Gasteiger partial charge in [-0.1, -0.05) is 152 Å². The number of rotatable bonds is 7. The third-order valence-electron chi connectivity index (χ3n) is 10.9. The van der Waals surface area contributed by atoms with Crippen molar-refractivity contribution >= 4 is 60.5 Å². The van der Waals surface area contributed by atoms with E-state index in [4.69, 9.17) is 19.4 Å². The third-order valence-corrected chi connectivity index (χ3v) is 10.9. The fraction of sp³-hybridized carbons (Fsp3) is 0. The number of furan rings is 1. The van der Waals surface area contributed by atoms with E-state index in [0.29, 0.717) is 17.5 Å². The molecule has 2 heterocycles. The van der Waals surface area contributed by atoms with Gasteiger partial charge >= 0.3 is 0 Å². The summed E-state index contributed by atoms with van der Waals surface area (Å²) in [4.78, 5) is 17.4. The van der Waals surface area contributed by atoms with E-state index < -0.39 is 0 Å². The van der Waals surface area contributed by atoms with Gasteiger partial charge in [0.1, 0.15) is 11.2 Å². The third kappa shape index (κ3) is 5.85. The highest BCUT2D eigenvalue weighted by atomic mass is 16.3. The second-order valence-corrected chi connectivity index (χ2v) is 14.4. The highest BCUT2D eigenvalue weighted by molar-refractivity contribution is 6.19. The van der Waals surface area contributed by atoms with Gasteiger partial charge in [0.25, 0.3) is 0 Å². The largest absolute Gasteiger partial charge is 0.455 e.